The molecule has 0 saturated carbocycles. The van der Waals surface area contributed by atoms with E-state index in [0.717, 1.165) is 17.9 Å². The molecule has 0 unspecified atom stereocenters. The summed E-state index contributed by atoms with van der Waals surface area (Å²) in [7, 11) is 1.63. The van der Waals surface area contributed by atoms with Gasteiger partial charge in [-0.25, -0.2) is 4.98 Å². The van der Waals surface area contributed by atoms with Gasteiger partial charge in [-0.3, -0.25) is 0 Å². The largest absolute Gasteiger partial charge is 0.495 e. The van der Waals surface area contributed by atoms with E-state index < -0.39 is 0 Å². The van der Waals surface area contributed by atoms with Gasteiger partial charge in [0.25, 0.3) is 0 Å². The molecule has 23 heavy (non-hydrogen) atoms. The first kappa shape index (κ1) is 14.8. The van der Waals surface area contributed by atoms with Crippen molar-refractivity contribution < 1.29 is 4.74 Å². The Labute approximate surface area is 134 Å². The average Bonchev–Trinajstić information content (AvgIpc) is 2.96. The van der Waals surface area contributed by atoms with Crippen LogP contribution in [0.5, 0.6) is 5.75 Å². The summed E-state index contributed by atoms with van der Waals surface area (Å²) in [5.74, 6) is 1.98. The lowest BCUT2D eigenvalue weighted by atomic mass is 10.1. The zero-order chi connectivity index (χ0) is 16.2. The Balaban J connectivity index is 1.93. The molecule has 0 aliphatic heterocycles. The zero-order valence-electron chi connectivity index (χ0n) is 13.0. The summed E-state index contributed by atoms with van der Waals surface area (Å²) in [4.78, 5) is 8.46. The summed E-state index contributed by atoms with van der Waals surface area (Å²) in [5.41, 5.74) is 7.91. The molecule has 0 radical (unpaired) electrons. The SMILES string of the molecule is CCc1ccc(OC)c(Nc2nc(N)n(-c3ccccn3)n2)c1. The highest BCUT2D eigenvalue weighted by molar-refractivity contribution is 5.64. The number of aromatic nitrogens is 4. The van der Waals surface area contributed by atoms with Crippen molar-refractivity contribution in [3.05, 3.63) is 48.2 Å². The molecule has 0 saturated heterocycles. The third-order valence-electron chi connectivity index (χ3n) is 3.42. The number of hydrogen-bond acceptors (Lipinski definition) is 6. The standard InChI is InChI=1S/C16H18N6O/c1-3-11-7-8-13(23-2)12(10-11)19-16-20-15(17)22(21-16)14-6-4-5-9-18-14/h4-10H,3H2,1-2H3,(H3,17,19,20,21). The van der Waals surface area contributed by atoms with Crippen LogP contribution < -0.4 is 15.8 Å². The quantitative estimate of drug-likeness (QED) is 0.752. The first-order valence-corrected chi connectivity index (χ1v) is 7.29. The fourth-order valence-electron chi connectivity index (χ4n) is 2.22. The molecule has 3 N–H and O–H groups in total. The maximum atomic E-state index is 5.93. The van der Waals surface area contributed by atoms with Gasteiger partial charge in [0.15, 0.2) is 5.82 Å². The highest BCUT2D eigenvalue weighted by atomic mass is 16.5. The fraction of sp³-hybridized carbons (Fsp3) is 0.188. The monoisotopic (exact) mass is 310 g/mol. The molecule has 7 nitrogen and oxygen atoms in total. The van der Waals surface area contributed by atoms with E-state index in [2.05, 4.69) is 27.3 Å². The summed E-state index contributed by atoms with van der Waals surface area (Å²) < 4.78 is 6.85. The molecule has 0 bridgehead atoms. The van der Waals surface area contributed by atoms with Crippen molar-refractivity contribution in [3.8, 4) is 11.6 Å². The van der Waals surface area contributed by atoms with Gasteiger partial charge in [0.2, 0.25) is 11.9 Å². The second-order valence-corrected chi connectivity index (χ2v) is 4.91. The van der Waals surface area contributed by atoms with Gasteiger partial charge in [0, 0.05) is 6.20 Å². The van der Waals surface area contributed by atoms with Crippen LogP contribution in [0.4, 0.5) is 17.6 Å². The Kier molecular flexibility index (Phi) is 4.09. The maximum absolute atomic E-state index is 5.93. The number of ether oxygens (including phenoxy) is 1. The van der Waals surface area contributed by atoms with Crippen LogP contribution in [0.25, 0.3) is 5.82 Å². The van der Waals surface area contributed by atoms with Crippen molar-refractivity contribution in [1.29, 1.82) is 0 Å². The van der Waals surface area contributed by atoms with Gasteiger partial charge in [-0.05, 0) is 36.2 Å². The van der Waals surface area contributed by atoms with E-state index in [1.165, 1.54) is 10.2 Å². The molecular formula is C16H18N6O. The third kappa shape index (κ3) is 3.08. The third-order valence-corrected chi connectivity index (χ3v) is 3.42. The Hall–Kier alpha value is -3.09. The number of anilines is 3. The number of nitrogens with one attached hydrogen (secondary N) is 1. The number of methoxy groups -OCH3 is 1. The molecule has 0 spiro atoms. The molecule has 118 valence electrons. The van der Waals surface area contributed by atoms with Crippen LogP contribution in [-0.4, -0.2) is 26.9 Å². The van der Waals surface area contributed by atoms with Crippen LogP contribution in [0.3, 0.4) is 0 Å². The van der Waals surface area contributed by atoms with E-state index in [1.54, 1.807) is 13.3 Å². The van der Waals surface area contributed by atoms with Gasteiger partial charge in [-0.1, -0.05) is 19.1 Å². The van der Waals surface area contributed by atoms with Crippen LogP contribution in [-0.2, 0) is 6.42 Å². The minimum atomic E-state index is 0.261. The van der Waals surface area contributed by atoms with E-state index >= 15 is 0 Å². The Morgan fingerprint density at radius 2 is 2.13 bits per heavy atom. The highest BCUT2D eigenvalue weighted by Crippen LogP contribution is 2.28. The maximum Gasteiger partial charge on any atom is 0.249 e. The summed E-state index contributed by atoms with van der Waals surface area (Å²) in [6.45, 7) is 2.09. The lowest BCUT2D eigenvalue weighted by molar-refractivity contribution is 0.416. The molecule has 0 aliphatic carbocycles. The second-order valence-electron chi connectivity index (χ2n) is 4.91. The molecule has 0 fully saturated rings. The predicted molar refractivity (Wildman–Crippen MR) is 89.2 cm³/mol. The average molecular weight is 310 g/mol. The number of aryl methyl sites for hydroxylation is 1. The van der Waals surface area contributed by atoms with Crippen molar-refractivity contribution in [2.75, 3.05) is 18.2 Å². The molecule has 3 rings (SSSR count). The highest BCUT2D eigenvalue weighted by Gasteiger charge is 2.12. The molecule has 1 aromatic carbocycles. The molecule has 2 heterocycles. The molecule has 0 atom stereocenters. The van der Waals surface area contributed by atoms with Gasteiger partial charge in [0.05, 0.1) is 12.8 Å². The normalized spacial score (nSPS) is 10.5. The zero-order valence-corrected chi connectivity index (χ0v) is 13.0. The summed E-state index contributed by atoms with van der Waals surface area (Å²) in [6, 6.07) is 11.5. The fourth-order valence-corrected chi connectivity index (χ4v) is 2.22. The Bertz CT molecular complexity index is 800. The summed E-state index contributed by atoms with van der Waals surface area (Å²) >= 11 is 0. The first-order chi connectivity index (χ1) is 11.2. The molecule has 7 heteroatoms. The van der Waals surface area contributed by atoms with Crippen LogP contribution in [0.15, 0.2) is 42.6 Å². The number of nitrogen functional groups attached to an aromatic ring is 1. The number of benzene rings is 1. The number of nitrogens with zero attached hydrogens (tertiary/aromatic N) is 4. The first-order valence-electron chi connectivity index (χ1n) is 7.29. The van der Waals surface area contributed by atoms with E-state index in [-0.39, 0.29) is 5.95 Å². The number of nitrogens with two attached hydrogens (primary N) is 1. The van der Waals surface area contributed by atoms with Crippen LogP contribution in [0.1, 0.15) is 12.5 Å². The van der Waals surface area contributed by atoms with E-state index in [9.17, 15) is 0 Å². The van der Waals surface area contributed by atoms with Gasteiger partial charge in [-0.2, -0.15) is 9.67 Å². The smallest absolute Gasteiger partial charge is 0.249 e. The number of hydrogen-bond donors (Lipinski definition) is 2. The Morgan fingerprint density at radius 3 is 2.83 bits per heavy atom. The lowest BCUT2D eigenvalue weighted by Crippen LogP contribution is -2.04. The van der Waals surface area contributed by atoms with Crippen molar-refractivity contribution in [3.63, 3.8) is 0 Å². The van der Waals surface area contributed by atoms with E-state index in [0.29, 0.717) is 11.8 Å². The van der Waals surface area contributed by atoms with Crippen molar-refractivity contribution in [2.45, 2.75) is 13.3 Å². The van der Waals surface area contributed by atoms with Crippen molar-refractivity contribution in [1.82, 2.24) is 19.7 Å². The second kappa shape index (κ2) is 6.35. The van der Waals surface area contributed by atoms with Crippen molar-refractivity contribution >= 4 is 17.6 Å². The summed E-state index contributed by atoms with van der Waals surface area (Å²) in [6.07, 6.45) is 2.61. The van der Waals surface area contributed by atoms with Crippen LogP contribution in [0, 0.1) is 0 Å². The number of pyridine rings is 1. The molecule has 0 amide bonds. The number of rotatable bonds is 5. The van der Waals surface area contributed by atoms with Crippen LogP contribution >= 0.6 is 0 Å². The van der Waals surface area contributed by atoms with Crippen molar-refractivity contribution in [2.24, 2.45) is 0 Å². The minimum absolute atomic E-state index is 0.261. The summed E-state index contributed by atoms with van der Waals surface area (Å²) in [5, 5.41) is 7.51. The molecule has 2 aromatic heterocycles. The van der Waals surface area contributed by atoms with Gasteiger partial charge in [0.1, 0.15) is 5.75 Å². The topological polar surface area (TPSA) is 90.9 Å². The Morgan fingerprint density at radius 1 is 1.26 bits per heavy atom. The van der Waals surface area contributed by atoms with Gasteiger partial charge < -0.3 is 15.8 Å². The van der Waals surface area contributed by atoms with Crippen LogP contribution in [0.2, 0.25) is 0 Å². The molecule has 0 aliphatic rings. The minimum Gasteiger partial charge on any atom is -0.495 e. The molecule has 3 aromatic rings. The lowest BCUT2D eigenvalue weighted by Gasteiger charge is -2.10. The van der Waals surface area contributed by atoms with E-state index in [1.807, 2.05) is 36.4 Å². The van der Waals surface area contributed by atoms with Gasteiger partial charge in [-0.15, -0.1) is 5.10 Å². The van der Waals surface area contributed by atoms with Gasteiger partial charge >= 0.3 is 0 Å². The molecular weight excluding hydrogens is 292 g/mol. The predicted octanol–water partition coefficient (Wildman–Crippen LogP) is 2.56. The van der Waals surface area contributed by atoms with E-state index in [4.69, 9.17) is 10.5 Å².